The smallest absolute Gasteiger partial charge is 0.493 e. The Bertz CT molecular complexity index is 483. The summed E-state index contributed by atoms with van der Waals surface area (Å²) in [7, 11) is -1.68. The van der Waals surface area contributed by atoms with E-state index >= 15 is 0 Å². The second kappa shape index (κ2) is 3.44. The van der Waals surface area contributed by atoms with Gasteiger partial charge < -0.3 is 15.2 Å². The normalized spacial score (nSPS) is 10.8. The van der Waals surface area contributed by atoms with Crippen LogP contribution in [0.25, 0.3) is 10.1 Å². The van der Waals surface area contributed by atoms with E-state index in [1.807, 2.05) is 0 Å². The summed E-state index contributed by atoms with van der Waals surface area (Å²) in [5.74, 6) is 0. The van der Waals surface area contributed by atoms with E-state index in [-0.39, 0.29) is 10.5 Å². The first kappa shape index (κ1) is 9.80. The van der Waals surface area contributed by atoms with E-state index in [1.165, 1.54) is 0 Å². The van der Waals surface area contributed by atoms with Crippen LogP contribution in [0.15, 0.2) is 18.2 Å². The van der Waals surface area contributed by atoms with Crippen molar-refractivity contribution in [2.75, 3.05) is 0 Å². The van der Waals surface area contributed by atoms with E-state index in [1.54, 1.807) is 18.2 Å². The molecule has 2 aromatic rings. The van der Waals surface area contributed by atoms with Crippen molar-refractivity contribution in [1.82, 2.24) is 0 Å². The number of rotatable bonds is 1. The number of hydrogen-bond donors (Lipinski definition) is 3. The Morgan fingerprint density at radius 3 is 2.64 bits per heavy atom. The lowest BCUT2D eigenvalue weighted by Crippen LogP contribution is -2.29. The molecule has 0 amide bonds. The minimum atomic E-state index is -1.68. The van der Waals surface area contributed by atoms with Crippen LogP contribution in [0.3, 0.4) is 0 Å². The highest BCUT2D eigenvalue weighted by Gasteiger charge is 2.23. The van der Waals surface area contributed by atoms with Crippen LogP contribution in [-0.2, 0) is 0 Å². The quantitative estimate of drug-likeness (QED) is 0.637. The van der Waals surface area contributed by atoms with Gasteiger partial charge in [-0.15, -0.1) is 0 Å². The van der Waals surface area contributed by atoms with Gasteiger partial charge in [-0.05, 0) is 11.5 Å². The summed E-state index contributed by atoms with van der Waals surface area (Å²) in [6.07, 6.45) is 0. The molecule has 0 saturated carbocycles. The second-order valence-corrected chi connectivity index (χ2v) is 4.22. The van der Waals surface area contributed by atoms with Crippen molar-refractivity contribution in [2.45, 2.75) is 0 Å². The van der Waals surface area contributed by atoms with Crippen molar-refractivity contribution >= 4 is 45.6 Å². The van der Waals surface area contributed by atoms with E-state index in [4.69, 9.17) is 21.6 Å². The lowest BCUT2D eigenvalue weighted by Gasteiger charge is -1.97. The summed E-state index contributed by atoms with van der Waals surface area (Å²) >= 11 is 6.92. The highest BCUT2D eigenvalue weighted by atomic mass is 35.5. The van der Waals surface area contributed by atoms with Gasteiger partial charge in [-0.2, -0.15) is 0 Å². The van der Waals surface area contributed by atoms with Gasteiger partial charge in [0.05, 0.1) is 9.72 Å². The van der Waals surface area contributed by atoms with Crippen LogP contribution < -0.4 is 5.46 Å². The number of aromatic hydroxyl groups is 1. The van der Waals surface area contributed by atoms with E-state index < -0.39 is 7.12 Å². The Morgan fingerprint density at radius 2 is 2.00 bits per heavy atom. The molecular formula is C8H6BClO3S. The standard InChI is InChI=1S/C8H6BClO3S/c10-5-3-1-2-4-6(9(12)13)8(11)14-7(4)5/h1-3,11-13H. The zero-order valence-corrected chi connectivity index (χ0v) is 8.51. The van der Waals surface area contributed by atoms with E-state index in [2.05, 4.69) is 0 Å². The fraction of sp³-hybridized carbons (Fsp3) is 0. The Labute approximate surface area is 89.3 Å². The number of hydrogen-bond acceptors (Lipinski definition) is 4. The van der Waals surface area contributed by atoms with E-state index in [0.717, 1.165) is 11.3 Å². The van der Waals surface area contributed by atoms with Crippen LogP contribution in [0.2, 0.25) is 5.02 Å². The fourth-order valence-electron chi connectivity index (χ4n) is 1.34. The number of fused-ring (bicyclic) bond motifs is 1. The lowest BCUT2D eigenvalue weighted by molar-refractivity contribution is 0.422. The maximum absolute atomic E-state index is 9.47. The van der Waals surface area contributed by atoms with Gasteiger partial charge in [-0.25, -0.2) is 0 Å². The largest absolute Gasteiger partial charge is 0.500 e. The molecule has 0 atom stereocenters. The SMILES string of the molecule is OB(O)c1c(O)sc2c(Cl)cccc12. The highest BCUT2D eigenvalue weighted by Crippen LogP contribution is 2.33. The van der Waals surface area contributed by atoms with Crippen LogP contribution in [0, 0.1) is 0 Å². The minimum absolute atomic E-state index is 0.108. The van der Waals surface area contributed by atoms with Crippen molar-refractivity contribution < 1.29 is 15.2 Å². The minimum Gasteiger partial charge on any atom is -0.500 e. The van der Waals surface area contributed by atoms with Gasteiger partial charge in [-0.3, -0.25) is 0 Å². The first-order chi connectivity index (χ1) is 6.61. The summed E-state index contributed by atoms with van der Waals surface area (Å²) in [6.45, 7) is 0. The first-order valence-electron chi connectivity index (χ1n) is 3.87. The monoisotopic (exact) mass is 228 g/mol. The summed E-state index contributed by atoms with van der Waals surface area (Å²) in [5, 5.41) is 28.5. The third-order valence-electron chi connectivity index (χ3n) is 1.94. The summed E-state index contributed by atoms with van der Waals surface area (Å²) in [6, 6.07) is 5.07. The van der Waals surface area contributed by atoms with Gasteiger partial charge >= 0.3 is 7.12 Å². The van der Waals surface area contributed by atoms with Crippen LogP contribution in [-0.4, -0.2) is 22.3 Å². The molecule has 0 aliphatic carbocycles. The van der Waals surface area contributed by atoms with Crippen LogP contribution >= 0.6 is 22.9 Å². The summed E-state index contributed by atoms with van der Waals surface area (Å²) in [4.78, 5) is 0. The lowest BCUT2D eigenvalue weighted by atomic mass is 9.80. The van der Waals surface area contributed by atoms with Crippen LogP contribution in [0.4, 0.5) is 0 Å². The van der Waals surface area contributed by atoms with Crippen LogP contribution in [0.1, 0.15) is 0 Å². The molecule has 3 nitrogen and oxygen atoms in total. The molecule has 2 rings (SSSR count). The van der Waals surface area contributed by atoms with Crippen molar-refractivity contribution in [3.05, 3.63) is 23.2 Å². The molecule has 6 heteroatoms. The molecule has 0 unspecified atom stereocenters. The van der Waals surface area contributed by atoms with Gasteiger partial charge in [0.25, 0.3) is 0 Å². The van der Waals surface area contributed by atoms with Gasteiger partial charge in [0.1, 0.15) is 0 Å². The first-order valence-corrected chi connectivity index (χ1v) is 5.06. The van der Waals surface area contributed by atoms with Gasteiger partial charge in [-0.1, -0.05) is 35.1 Å². The molecule has 0 spiro atoms. The van der Waals surface area contributed by atoms with E-state index in [0.29, 0.717) is 15.1 Å². The molecule has 1 aromatic heterocycles. The third kappa shape index (κ3) is 1.38. The Balaban J connectivity index is 2.83. The second-order valence-electron chi connectivity index (χ2n) is 2.81. The molecule has 0 radical (unpaired) electrons. The topological polar surface area (TPSA) is 60.7 Å². The molecule has 1 aromatic carbocycles. The molecule has 0 bridgehead atoms. The molecule has 0 aliphatic rings. The molecular weight excluding hydrogens is 222 g/mol. The zero-order chi connectivity index (χ0) is 10.3. The summed E-state index contributed by atoms with van der Waals surface area (Å²) in [5.41, 5.74) is 0.118. The van der Waals surface area contributed by atoms with Crippen molar-refractivity contribution in [3.8, 4) is 5.06 Å². The summed E-state index contributed by atoms with van der Waals surface area (Å²) < 4.78 is 0.662. The van der Waals surface area contributed by atoms with Crippen molar-refractivity contribution in [1.29, 1.82) is 0 Å². The third-order valence-corrected chi connectivity index (χ3v) is 3.43. The average molecular weight is 228 g/mol. The van der Waals surface area contributed by atoms with Crippen LogP contribution in [0.5, 0.6) is 5.06 Å². The molecule has 0 saturated heterocycles. The molecule has 3 N–H and O–H groups in total. The van der Waals surface area contributed by atoms with Crippen molar-refractivity contribution in [2.24, 2.45) is 0 Å². The molecule has 0 fully saturated rings. The van der Waals surface area contributed by atoms with Gasteiger partial charge in [0.15, 0.2) is 5.06 Å². The molecule has 14 heavy (non-hydrogen) atoms. The average Bonchev–Trinajstić information content (AvgIpc) is 2.42. The zero-order valence-electron chi connectivity index (χ0n) is 6.94. The predicted molar refractivity (Wildman–Crippen MR) is 58.3 cm³/mol. The Kier molecular flexibility index (Phi) is 2.40. The number of thiophene rings is 1. The number of benzene rings is 1. The predicted octanol–water partition coefficient (Wildman–Crippen LogP) is 0.940. The van der Waals surface area contributed by atoms with Gasteiger partial charge in [0, 0.05) is 5.46 Å². The highest BCUT2D eigenvalue weighted by molar-refractivity contribution is 7.23. The Hall–Kier alpha value is -0.745. The number of halogens is 1. The molecule has 1 heterocycles. The maximum Gasteiger partial charge on any atom is 0.493 e. The van der Waals surface area contributed by atoms with Gasteiger partial charge in [0.2, 0.25) is 0 Å². The maximum atomic E-state index is 9.47. The molecule has 72 valence electrons. The fourth-order valence-corrected chi connectivity index (χ4v) is 2.60. The molecule has 0 aliphatic heterocycles. The van der Waals surface area contributed by atoms with Crippen molar-refractivity contribution in [3.63, 3.8) is 0 Å². The Morgan fingerprint density at radius 1 is 1.29 bits per heavy atom. The van der Waals surface area contributed by atoms with E-state index in [9.17, 15) is 5.11 Å².